The van der Waals surface area contributed by atoms with Crippen molar-refractivity contribution in [3.63, 3.8) is 0 Å². The fourth-order valence-electron chi connectivity index (χ4n) is 3.37. The van der Waals surface area contributed by atoms with Gasteiger partial charge in [-0.3, -0.25) is 9.69 Å². The van der Waals surface area contributed by atoms with Crippen LogP contribution < -0.4 is 11.1 Å². The lowest BCUT2D eigenvalue weighted by Crippen LogP contribution is -2.47. The number of nitrogens with two attached hydrogens (primary N) is 1. The Kier molecular flexibility index (Phi) is 5.52. The number of carbonyl (C=O) groups excluding carboxylic acids is 1. The van der Waals surface area contributed by atoms with Crippen LogP contribution in [0.5, 0.6) is 0 Å². The van der Waals surface area contributed by atoms with E-state index in [0.29, 0.717) is 17.8 Å². The normalized spacial score (nSPS) is 17.9. The van der Waals surface area contributed by atoms with Crippen molar-refractivity contribution in [3.05, 3.63) is 64.7 Å². The molecule has 2 aromatic rings. The molecule has 4 nitrogen and oxygen atoms in total. The maximum Gasteiger partial charge on any atom is 0.251 e. The van der Waals surface area contributed by atoms with E-state index >= 15 is 0 Å². The second-order valence-electron chi connectivity index (χ2n) is 6.82. The average molecular weight is 359 g/mol. The second kappa shape index (κ2) is 7.83. The Bertz CT molecular complexity index is 789. The van der Waals surface area contributed by atoms with Crippen molar-refractivity contribution in [1.29, 1.82) is 0 Å². The molecular formula is C20H23F2N3O. The summed E-state index contributed by atoms with van der Waals surface area (Å²) in [5, 5.41) is 3.02. The van der Waals surface area contributed by atoms with Crippen LogP contribution in [-0.2, 0) is 6.54 Å². The minimum atomic E-state index is -0.536. The maximum atomic E-state index is 13.9. The number of benzene rings is 2. The van der Waals surface area contributed by atoms with Crippen LogP contribution in [0.2, 0.25) is 0 Å². The zero-order valence-corrected chi connectivity index (χ0v) is 14.8. The van der Waals surface area contributed by atoms with E-state index < -0.39 is 11.6 Å². The topological polar surface area (TPSA) is 58.4 Å². The molecule has 1 saturated heterocycles. The summed E-state index contributed by atoms with van der Waals surface area (Å²) in [6.07, 6.45) is 1.69. The van der Waals surface area contributed by atoms with Gasteiger partial charge in [-0.2, -0.15) is 0 Å². The number of nitrogens with zero attached hydrogens (tertiary/aromatic N) is 1. The monoisotopic (exact) mass is 359 g/mol. The van der Waals surface area contributed by atoms with Gasteiger partial charge in [-0.15, -0.1) is 0 Å². The van der Waals surface area contributed by atoms with E-state index in [1.165, 1.54) is 18.2 Å². The molecule has 3 N–H and O–H groups in total. The van der Waals surface area contributed by atoms with Crippen LogP contribution in [-0.4, -0.2) is 29.9 Å². The Morgan fingerprint density at radius 2 is 2.00 bits per heavy atom. The highest BCUT2D eigenvalue weighted by atomic mass is 19.1. The second-order valence-corrected chi connectivity index (χ2v) is 6.82. The van der Waals surface area contributed by atoms with Crippen LogP contribution in [0, 0.1) is 18.6 Å². The lowest BCUT2D eigenvalue weighted by molar-refractivity contribution is 0.0899. The number of likely N-dealkylation sites (tertiary alicyclic amines) is 1. The van der Waals surface area contributed by atoms with E-state index in [2.05, 4.69) is 5.32 Å². The van der Waals surface area contributed by atoms with E-state index in [1.54, 1.807) is 12.1 Å². The minimum absolute atomic E-state index is 0.0630. The molecule has 1 aliphatic heterocycles. The Morgan fingerprint density at radius 3 is 2.73 bits per heavy atom. The van der Waals surface area contributed by atoms with Crippen molar-refractivity contribution in [3.8, 4) is 0 Å². The minimum Gasteiger partial charge on any atom is -0.399 e. The molecule has 138 valence electrons. The van der Waals surface area contributed by atoms with Crippen LogP contribution in [0.15, 0.2) is 36.4 Å². The number of hydrogen-bond acceptors (Lipinski definition) is 3. The fraction of sp³-hybridized carbons (Fsp3) is 0.350. The largest absolute Gasteiger partial charge is 0.399 e. The van der Waals surface area contributed by atoms with Gasteiger partial charge < -0.3 is 11.1 Å². The van der Waals surface area contributed by atoms with Gasteiger partial charge in [0.1, 0.15) is 11.6 Å². The zero-order chi connectivity index (χ0) is 18.7. The summed E-state index contributed by atoms with van der Waals surface area (Å²) in [6, 6.07) is 9.08. The quantitative estimate of drug-likeness (QED) is 0.824. The number of rotatable bonds is 4. The predicted octanol–water partition coefficient (Wildman–Crippen LogP) is 3.25. The fourth-order valence-corrected chi connectivity index (χ4v) is 3.37. The standard InChI is InChI=1S/C20H23F2N3O/c1-13-7-8-14(23)10-16(13)20(26)24-15-4-3-9-25(11-15)12-17-18(21)5-2-6-19(17)22/h2,5-8,10,15H,3-4,9,11-12,23H2,1H3,(H,24,26). The molecule has 0 radical (unpaired) electrons. The van der Waals surface area contributed by atoms with Crippen LogP contribution in [0.1, 0.15) is 34.3 Å². The Morgan fingerprint density at radius 1 is 1.27 bits per heavy atom. The van der Waals surface area contributed by atoms with Crippen molar-refractivity contribution in [1.82, 2.24) is 10.2 Å². The Balaban J connectivity index is 1.65. The van der Waals surface area contributed by atoms with Crippen molar-refractivity contribution in [2.24, 2.45) is 0 Å². The van der Waals surface area contributed by atoms with Crippen LogP contribution >= 0.6 is 0 Å². The van der Waals surface area contributed by atoms with E-state index in [4.69, 9.17) is 5.73 Å². The molecule has 1 heterocycles. The number of nitrogens with one attached hydrogen (secondary N) is 1. The van der Waals surface area contributed by atoms with Crippen LogP contribution in [0.25, 0.3) is 0 Å². The Hall–Kier alpha value is -2.47. The first-order valence-electron chi connectivity index (χ1n) is 8.76. The number of carbonyl (C=O) groups is 1. The van der Waals surface area contributed by atoms with Crippen LogP contribution in [0.4, 0.5) is 14.5 Å². The highest BCUT2D eigenvalue weighted by molar-refractivity contribution is 5.96. The molecule has 1 amide bonds. The molecule has 1 unspecified atom stereocenters. The molecule has 3 rings (SSSR count). The molecular weight excluding hydrogens is 336 g/mol. The van der Waals surface area contributed by atoms with Gasteiger partial charge in [-0.1, -0.05) is 12.1 Å². The summed E-state index contributed by atoms with van der Waals surface area (Å²) in [4.78, 5) is 14.5. The summed E-state index contributed by atoms with van der Waals surface area (Å²) < 4.78 is 27.7. The molecule has 0 saturated carbocycles. The van der Waals surface area contributed by atoms with Crippen molar-refractivity contribution in [2.45, 2.75) is 32.4 Å². The third kappa shape index (κ3) is 4.19. The third-order valence-electron chi connectivity index (χ3n) is 4.79. The van der Waals surface area contributed by atoms with Crippen molar-refractivity contribution >= 4 is 11.6 Å². The number of aryl methyl sites for hydroxylation is 1. The van der Waals surface area contributed by atoms with Gasteiger partial charge >= 0.3 is 0 Å². The smallest absolute Gasteiger partial charge is 0.251 e. The van der Waals surface area contributed by atoms with Gasteiger partial charge in [0, 0.05) is 35.9 Å². The average Bonchev–Trinajstić information content (AvgIpc) is 2.60. The SMILES string of the molecule is Cc1ccc(N)cc1C(=O)NC1CCCN(Cc2c(F)cccc2F)C1. The zero-order valence-electron chi connectivity index (χ0n) is 14.8. The maximum absolute atomic E-state index is 13.9. The van der Waals surface area contributed by atoms with Gasteiger partial charge in [0.05, 0.1) is 0 Å². The number of nitrogen functional groups attached to an aromatic ring is 1. The first-order valence-corrected chi connectivity index (χ1v) is 8.76. The molecule has 0 aliphatic carbocycles. The molecule has 1 fully saturated rings. The summed E-state index contributed by atoms with van der Waals surface area (Å²) in [5.41, 5.74) is 7.81. The first kappa shape index (κ1) is 18.3. The molecule has 0 bridgehead atoms. The van der Waals surface area contributed by atoms with E-state index in [9.17, 15) is 13.6 Å². The van der Waals surface area contributed by atoms with Gasteiger partial charge in [-0.25, -0.2) is 8.78 Å². The number of amides is 1. The van der Waals surface area contributed by atoms with Crippen molar-refractivity contribution in [2.75, 3.05) is 18.8 Å². The molecule has 26 heavy (non-hydrogen) atoms. The predicted molar refractivity (Wildman–Crippen MR) is 97.7 cm³/mol. The molecule has 0 aromatic heterocycles. The number of halogens is 2. The van der Waals surface area contributed by atoms with E-state index in [0.717, 1.165) is 24.9 Å². The lowest BCUT2D eigenvalue weighted by atomic mass is 10.0. The van der Waals surface area contributed by atoms with E-state index in [1.807, 2.05) is 17.9 Å². The van der Waals surface area contributed by atoms with Gasteiger partial charge in [0.2, 0.25) is 0 Å². The lowest BCUT2D eigenvalue weighted by Gasteiger charge is -2.33. The summed E-state index contributed by atoms with van der Waals surface area (Å²) in [7, 11) is 0. The first-order chi connectivity index (χ1) is 12.4. The molecule has 1 atom stereocenters. The third-order valence-corrected chi connectivity index (χ3v) is 4.79. The summed E-state index contributed by atoms with van der Waals surface area (Å²) >= 11 is 0. The van der Waals surface area contributed by atoms with Crippen LogP contribution in [0.3, 0.4) is 0 Å². The highest BCUT2D eigenvalue weighted by Gasteiger charge is 2.24. The molecule has 2 aromatic carbocycles. The Labute approximate surface area is 152 Å². The molecule has 0 spiro atoms. The summed E-state index contributed by atoms with van der Waals surface area (Å²) in [6.45, 7) is 3.36. The summed E-state index contributed by atoms with van der Waals surface area (Å²) in [5.74, 6) is -1.24. The van der Waals surface area contributed by atoms with Gasteiger partial charge in [0.15, 0.2) is 0 Å². The van der Waals surface area contributed by atoms with E-state index in [-0.39, 0.29) is 24.1 Å². The number of anilines is 1. The molecule has 6 heteroatoms. The van der Waals surface area contributed by atoms with Gasteiger partial charge in [0.25, 0.3) is 5.91 Å². The highest BCUT2D eigenvalue weighted by Crippen LogP contribution is 2.19. The number of hydrogen-bond donors (Lipinski definition) is 2. The molecule has 1 aliphatic rings. The van der Waals surface area contributed by atoms with Crippen molar-refractivity contribution < 1.29 is 13.6 Å². The number of piperidine rings is 1. The van der Waals surface area contributed by atoms with Gasteiger partial charge in [-0.05, 0) is 56.1 Å².